The van der Waals surface area contributed by atoms with Crippen LogP contribution in [0.25, 0.3) is 12.2 Å². The van der Waals surface area contributed by atoms with Crippen LogP contribution < -0.4 is 0 Å². The first-order valence-corrected chi connectivity index (χ1v) is 5.54. The van der Waals surface area contributed by atoms with Crippen LogP contribution in [-0.2, 0) is 4.74 Å². The largest absolute Gasteiger partial charge is 0.372 e. The summed E-state index contributed by atoms with van der Waals surface area (Å²) in [5.41, 5.74) is 2.61. The Kier molecular flexibility index (Phi) is 8.36. The summed E-state index contributed by atoms with van der Waals surface area (Å²) in [6, 6.07) is 1.93. The molecule has 0 saturated heterocycles. The van der Waals surface area contributed by atoms with Gasteiger partial charge >= 0.3 is 0 Å². The third kappa shape index (κ3) is 5.14. The van der Waals surface area contributed by atoms with Gasteiger partial charge in [0.15, 0.2) is 0 Å². The van der Waals surface area contributed by atoms with Crippen LogP contribution in [0.15, 0.2) is 25.4 Å². The molecule has 1 heterocycles. The van der Waals surface area contributed by atoms with Gasteiger partial charge in [0, 0.05) is 24.4 Å². The highest BCUT2D eigenvalue weighted by molar-refractivity contribution is 5.62. The van der Waals surface area contributed by atoms with Gasteiger partial charge in [0.1, 0.15) is 6.61 Å². The van der Waals surface area contributed by atoms with E-state index < -0.39 is 0 Å². The summed E-state index contributed by atoms with van der Waals surface area (Å²) in [5, 5.41) is 0. The molecule has 0 spiro atoms. The molecular formula is C15H19NO. The molecule has 90 valence electrons. The summed E-state index contributed by atoms with van der Waals surface area (Å²) in [6.07, 6.45) is 5.15. The van der Waals surface area contributed by atoms with E-state index in [1.54, 1.807) is 25.5 Å². The fraction of sp³-hybridized carbons (Fsp3) is 0.267. The molecule has 0 atom stereocenters. The Morgan fingerprint density at radius 3 is 2.59 bits per heavy atom. The van der Waals surface area contributed by atoms with Gasteiger partial charge < -0.3 is 4.74 Å². The van der Waals surface area contributed by atoms with Crippen LogP contribution in [0.4, 0.5) is 0 Å². The first kappa shape index (κ1) is 15.2. The molecule has 0 aliphatic heterocycles. The highest BCUT2D eigenvalue weighted by Gasteiger charge is 1.97. The molecule has 0 N–H and O–H groups in total. The van der Waals surface area contributed by atoms with Crippen LogP contribution in [0.2, 0.25) is 0 Å². The van der Waals surface area contributed by atoms with Crippen molar-refractivity contribution in [1.82, 2.24) is 4.98 Å². The number of nitrogens with zero attached hydrogens (tertiary/aromatic N) is 1. The third-order valence-electron chi connectivity index (χ3n) is 1.81. The number of methoxy groups -OCH3 is 1. The van der Waals surface area contributed by atoms with Crippen LogP contribution in [0, 0.1) is 11.8 Å². The number of hydrogen-bond acceptors (Lipinski definition) is 2. The third-order valence-corrected chi connectivity index (χ3v) is 1.81. The molecule has 0 aromatic carbocycles. The van der Waals surface area contributed by atoms with E-state index in [0.717, 1.165) is 16.8 Å². The Morgan fingerprint density at radius 1 is 1.35 bits per heavy atom. The van der Waals surface area contributed by atoms with Crippen LogP contribution in [-0.4, -0.2) is 18.7 Å². The van der Waals surface area contributed by atoms with Crippen molar-refractivity contribution in [3.63, 3.8) is 0 Å². The van der Waals surface area contributed by atoms with Crippen molar-refractivity contribution in [2.75, 3.05) is 13.7 Å². The highest BCUT2D eigenvalue weighted by atomic mass is 16.5. The number of hydrogen-bond donors (Lipinski definition) is 0. The highest BCUT2D eigenvalue weighted by Crippen LogP contribution is 2.10. The maximum Gasteiger partial charge on any atom is 0.107 e. The quantitative estimate of drug-likeness (QED) is 0.741. The summed E-state index contributed by atoms with van der Waals surface area (Å²) in [6.45, 7) is 11.8. The minimum Gasteiger partial charge on any atom is -0.372 e. The monoisotopic (exact) mass is 229 g/mol. The standard InChI is InChI=1S/C13H13NO.C2H6/c1-4-12-9-11(7-6-8-15-3)10-14-13(12)5-2;1-2/h4-5,9-10H,1-2,8H2,3H3;1-2H3. The van der Waals surface area contributed by atoms with Gasteiger partial charge in [-0.15, -0.1) is 0 Å². The van der Waals surface area contributed by atoms with E-state index in [-0.39, 0.29) is 0 Å². The molecule has 2 nitrogen and oxygen atoms in total. The molecule has 1 aromatic heterocycles. The van der Waals surface area contributed by atoms with Crippen molar-refractivity contribution in [2.45, 2.75) is 13.8 Å². The van der Waals surface area contributed by atoms with Gasteiger partial charge in [0.25, 0.3) is 0 Å². The Balaban J connectivity index is 0.00000121. The van der Waals surface area contributed by atoms with Crippen LogP contribution in [0.1, 0.15) is 30.7 Å². The Morgan fingerprint density at radius 2 is 2.06 bits per heavy atom. The van der Waals surface area contributed by atoms with E-state index in [9.17, 15) is 0 Å². The van der Waals surface area contributed by atoms with Crippen molar-refractivity contribution in [3.05, 3.63) is 42.2 Å². The van der Waals surface area contributed by atoms with Crippen LogP contribution in [0.3, 0.4) is 0 Å². The van der Waals surface area contributed by atoms with Gasteiger partial charge in [-0.2, -0.15) is 0 Å². The van der Waals surface area contributed by atoms with Gasteiger partial charge in [0.2, 0.25) is 0 Å². The zero-order chi connectivity index (χ0) is 13.1. The smallest absolute Gasteiger partial charge is 0.107 e. The maximum absolute atomic E-state index is 4.83. The van der Waals surface area contributed by atoms with E-state index in [2.05, 4.69) is 30.0 Å². The minimum absolute atomic E-state index is 0.423. The molecule has 0 bridgehead atoms. The van der Waals surface area contributed by atoms with E-state index in [0.29, 0.717) is 6.61 Å². The molecule has 0 amide bonds. The maximum atomic E-state index is 4.83. The summed E-state index contributed by atoms with van der Waals surface area (Å²) < 4.78 is 4.83. The molecular weight excluding hydrogens is 210 g/mol. The second-order valence-corrected chi connectivity index (χ2v) is 2.84. The Hall–Kier alpha value is -1.85. The number of aromatic nitrogens is 1. The van der Waals surface area contributed by atoms with Crippen molar-refractivity contribution >= 4 is 12.2 Å². The van der Waals surface area contributed by atoms with Crippen LogP contribution in [0.5, 0.6) is 0 Å². The van der Waals surface area contributed by atoms with Gasteiger partial charge in [-0.3, -0.25) is 4.98 Å². The average Bonchev–Trinajstić information content (AvgIpc) is 2.41. The summed E-state index contributed by atoms with van der Waals surface area (Å²) in [7, 11) is 1.61. The molecule has 0 fully saturated rings. The van der Waals surface area contributed by atoms with E-state index in [1.807, 2.05) is 19.9 Å². The molecule has 0 aliphatic rings. The summed E-state index contributed by atoms with van der Waals surface area (Å²) >= 11 is 0. The molecule has 0 saturated carbocycles. The van der Waals surface area contributed by atoms with Crippen LogP contribution >= 0.6 is 0 Å². The van der Waals surface area contributed by atoms with Gasteiger partial charge in [-0.1, -0.05) is 44.9 Å². The Labute approximate surface area is 104 Å². The SMILES string of the molecule is C=Cc1cc(C#CCOC)cnc1C=C.CC. The fourth-order valence-corrected chi connectivity index (χ4v) is 1.11. The molecule has 2 heteroatoms. The molecule has 0 radical (unpaired) electrons. The minimum atomic E-state index is 0.423. The molecule has 1 rings (SSSR count). The fourth-order valence-electron chi connectivity index (χ4n) is 1.11. The number of rotatable bonds is 3. The zero-order valence-electron chi connectivity index (χ0n) is 10.8. The molecule has 1 aromatic rings. The van der Waals surface area contributed by atoms with Crippen molar-refractivity contribution in [3.8, 4) is 11.8 Å². The predicted molar refractivity (Wildman–Crippen MR) is 74.5 cm³/mol. The predicted octanol–water partition coefficient (Wildman–Crippen LogP) is 3.39. The molecule has 0 aliphatic carbocycles. The summed E-state index contributed by atoms with van der Waals surface area (Å²) in [4.78, 5) is 4.21. The van der Waals surface area contributed by atoms with Gasteiger partial charge in [-0.05, 0) is 12.1 Å². The second kappa shape index (κ2) is 9.38. The second-order valence-electron chi connectivity index (χ2n) is 2.84. The number of ether oxygens (including phenoxy) is 1. The van der Waals surface area contributed by atoms with Gasteiger partial charge in [-0.25, -0.2) is 0 Å². The molecule has 17 heavy (non-hydrogen) atoms. The topological polar surface area (TPSA) is 22.1 Å². The first-order valence-electron chi connectivity index (χ1n) is 5.54. The average molecular weight is 229 g/mol. The lowest BCUT2D eigenvalue weighted by Gasteiger charge is -1.99. The normalized spacial score (nSPS) is 8.18. The van der Waals surface area contributed by atoms with E-state index >= 15 is 0 Å². The van der Waals surface area contributed by atoms with E-state index in [1.165, 1.54) is 0 Å². The van der Waals surface area contributed by atoms with Crippen molar-refractivity contribution < 1.29 is 4.74 Å². The van der Waals surface area contributed by atoms with Gasteiger partial charge in [0.05, 0.1) is 5.69 Å². The lowest BCUT2D eigenvalue weighted by atomic mass is 10.1. The summed E-state index contributed by atoms with van der Waals surface area (Å²) in [5.74, 6) is 5.82. The Bertz CT molecular complexity index is 424. The zero-order valence-corrected chi connectivity index (χ0v) is 10.8. The molecule has 0 unspecified atom stereocenters. The lowest BCUT2D eigenvalue weighted by Crippen LogP contribution is -1.89. The lowest BCUT2D eigenvalue weighted by molar-refractivity contribution is 0.240. The number of pyridine rings is 1. The van der Waals surface area contributed by atoms with Crippen molar-refractivity contribution in [2.24, 2.45) is 0 Å². The first-order chi connectivity index (χ1) is 8.31. The van der Waals surface area contributed by atoms with Crippen molar-refractivity contribution in [1.29, 1.82) is 0 Å². The van der Waals surface area contributed by atoms with E-state index in [4.69, 9.17) is 4.74 Å².